The Morgan fingerprint density at radius 3 is 2.62 bits per heavy atom. The van der Waals surface area contributed by atoms with Crippen LogP contribution >= 0.6 is 0 Å². The summed E-state index contributed by atoms with van der Waals surface area (Å²) in [4.78, 5) is 12.5. The molecular formula is C16H24N2O3. The van der Waals surface area contributed by atoms with Crippen LogP contribution in [0, 0.1) is 11.8 Å². The number of para-hydroxylation sites is 2. The van der Waals surface area contributed by atoms with Crippen LogP contribution in [0.15, 0.2) is 24.3 Å². The van der Waals surface area contributed by atoms with Gasteiger partial charge in [-0.05, 0) is 31.9 Å². The lowest BCUT2D eigenvalue weighted by Crippen LogP contribution is -2.32. The SMILES string of the molecule is CC1OC(C)C(C(=O)Nc2ccccc2OCCN)C1C. The molecule has 0 radical (unpaired) electrons. The van der Waals surface area contributed by atoms with Crippen LogP contribution in [-0.4, -0.2) is 31.3 Å². The third-order valence-corrected chi connectivity index (χ3v) is 4.07. The molecule has 3 N–H and O–H groups in total. The van der Waals surface area contributed by atoms with E-state index in [-0.39, 0.29) is 30.0 Å². The van der Waals surface area contributed by atoms with Gasteiger partial charge in [0.15, 0.2) is 0 Å². The Kier molecular flexibility index (Phi) is 5.20. The van der Waals surface area contributed by atoms with Crippen LogP contribution in [0.3, 0.4) is 0 Å². The van der Waals surface area contributed by atoms with Crippen molar-refractivity contribution in [2.24, 2.45) is 17.6 Å². The molecule has 1 aliphatic rings. The van der Waals surface area contributed by atoms with E-state index in [1.54, 1.807) is 0 Å². The first-order valence-corrected chi connectivity index (χ1v) is 7.42. The maximum atomic E-state index is 12.5. The van der Waals surface area contributed by atoms with Crippen molar-refractivity contribution < 1.29 is 14.3 Å². The number of nitrogens with one attached hydrogen (secondary N) is 1. The van der Waals surface area contributed by atoms with Crippen molar-refractivity contribution in [1.29, 1.82) is 0 Å². The summed E-state index contributed by atoms with van der Waals surface area (Å²) in [5.74, 6) is 0.659. The average Bonchev–Trinajstić information content (AvgIpc) is 2.71. The summed E-state index contributed by atoms with van der Waals surface area (Å²) in [5, 5.41) is 2.96. The summed E-state index contributed by atoms with van der Waals surface area (Å²) >= 11 is 0. The highest BCUT2D eigenvalue weighted by molar-refractivity contribution is 5.94. The van der Waals surface area contributed by atoms with Crippen molar-refractivity contribution in [2.45, 2.75) is 33.0 Å². The minimum Gasteiger partial charge on any atom is -0.490 e. The molecule has 0 saturated carbocycles. The van der Waals surface area contributed by atoms with Gasteiger partial charge in [-0.15, -0.1) is 0 Å². The molecule has 0 spiro atoms. The predicted molar refractivity (Wildman–Crippen MR) is 82.3 cm³/mol. The van der Waals surface area contributed by atoms with Crippen LogP contribution in [0.5, 0.6) is 5.75 Å². The fourth-order valence-corrected chi connectivity index (χ4v) is 2.80. The lowest BCUT2D eigenvalue weighted by molar-refractivity contribution is -0.121. The van der Waals surface area contributed by atoms with Crippen LogP contribution < -0.4 is 15.8 Å². The molecule has 1 saturated heterocycles. The molecule has 1 aliphatic heterocycles. The smallest absolute Gasteiger partial charge is 0.230 e. The first kappa shape index (κ1) is 15.8. The number of hydrogen-bond donors (Lipinski definition) is 2. The number of hydrogen-bond acceptors (Lipinski definition) is 4. The summed E-state index contributed by atoms with van der Waals surface area (Å²) in [6, 6.07) is 7.39. The van der Waals surface area contributed by atoms with Gasteiger partial charge in [0, 0.05) is 6.54 Å². The third-order valence-electron chi connectivity index (χ3n) is 4.07. The maximum Gasteiger partial charge on any atom is 0.230 e. The molecule has 0 aliphatic carbocycles. The van der Waals surface area contributed by atoms with Crippen molar-refractivity contribution in [3.05, 3.63) is 24.3 Å². The van der Waals surface area contributed by atoms with Gasteiger partial charge in [0.1, 0.15) is 12.4 Å². The van der Waals surface area contributed by atoms with Gasteiger partial charge in [0.25, 0.3) is 0 Å². The fraction of sp³-hybridized carbons (Fsp3) is 0.562. The zero-order chi connectivity index (χ0) is 15.4. The van der Waals surface area contributed by atoms with Gasteiger partial charge in [-0.3, -0.25) is 4.79 Å². The number of carbonyl (C=O) groups excluding carboxylic acids is 1. The predicted octanol–water partition coefficient (Wildman–Crippen LogP) is 2.02. The van der Waals surface area contributed by atoms with E-state index in [1.165, 1.54) is 0 Å². The molecule has 2 rings (SSSR count). The molecule has 5 nitrogen and oxygen atoms in total. The first-order chi connectivity index (χ1) is 10.0. The summed E-state index contributed by atoms with van der Waals surface area (Å²) in [6.07, 6.45) is 0.0200. The highest BCUT2D eigenvalue weighted by atomic mass is 16.5. The van der Waals surface area contributed by atoms with E-state index in [1.807, 2.05) is 38.1 Å². The number of ether oxygens (including phenoxy) is 2. The van der Waals surface area contributed by atoms with Crippen molar-refractivity contribution in [1.82, 2.24) is 0 Å². The Morgan fingerprint density at radius 1 is 1.29 bits per heavy atom. The molecule has 4 atom stereocenters. The molecule has 1 heterocycles. The number of carbonyl (C=O) groups is 1. The lowest BCUT2D eigenvalue weighted by atomic mass is 9.89. The second-order valence-corrected chi connectivity index (χ2v) is 5.55. The monoisotopic (exact) mass is 292 g/mol. The standard InChI is InChI=1S/C16H24N2O3/c1-10-11(2)21-12(3)15(10)16(19)18-13-6-4-5-7-14(13)20-9-8-17/h4-7,10-12,15H,8-9,17H2,1-3H3,(H,18,19). The molecular weight excluding hydrogens is 268 g/mol. The van der Waals surface area contributed by atoms with E-state index in [2.05, 4.69) is 12.2 Å². The Labute approximate surface area is 125 Å². The largest absolute Gasteiger partial charge is 0.490 e. The van der Waals surface area contributed by atoms with Gasteiger partial charge in [0.2, 0.25) is 5.91 Å². The molecule has 1 aromatic carbocycles. The molecule has 21 heavy (non-hydrogen) atoms. The molecule has 1 fully saturated rings. The average molecular weight is 292 g/mol. The number of nitrogens with two attached hydrogens (primary N) is 1. The van der Waals surface area contributed by atoms with Crippen LogP contribution in [0.2, 0.25) is 0 Å². The Morgan fingerprint density at radius 2 is 2.00 bits per heavy atom. The highest BCUT2D eigenvalue weighted by Gasteiger charge is 2.41. The Bertz CT molecular complexity index is 492. The van der Waals surface area contributed by atoms with Crippen LogP contribution in [0.25, 0.3) is 0 Å². The second kappa shape index (κ2) is 6.91. The van der Waals surface area contributed by atoms with E-state index in [0.717, 1.165) is 0 Å². The quantitative estimate of drug-likeness (QED) is 0.871. The van der Waals surface area contributed by atoms with Crippen LogP contribution in [-0.2, 0) is 9.53 Å². The van der Waals surface area contributed by atoms with Gasteiger partial charge in [0.05, 0.1) is 23.8 Å². The molecule has 1 aromatic rings. The van der Waals surface area contributed by atoms with E-state index >= 15 is 0 Å². The van der Waals surface area contributed by atoms with E-state index in [9.17, 15) is 4.79 Å². The minimum absolute atomic E-state index is 0.0249. The van der Waals surface area contributed by atoms with Crippen molar-refractivity contribution in [3.8, 4) is 5.75 Å². The molecule has 5 heteroatoms. The summed E-state index contributed by atoms with van der Waals surface area (Å²) in [7, 11) is 0. The Balaban J connectivity index is 2.09. The van der Waals surface area contributed by atoms with Gasteiger partial charge >= 0.3 is 0 Å². The van der Waals surface area contributed by atoms with Gasteiger partial charge in [-0.1, -0.05) is 19.1 Å². The van der Waals surface area contributed by atoms with E-state index in [4.69, 9.17) is 15.2 Å². The number of amides is 1. The number of benzene rings is 1. The third kappa shape index (κ3) is 3.54. The summed E-state index contributed by atoms with van der Waals surface area (Å²) < 4.78 is 11.3. The van der Waals surface area contributed by atoms with Crippen LogP contribution in [0.4, 0.5) is 5.69 Å². The summed E-state index contributed by atoms with van der Waals surface area (Å²) in [6.45, 7) is 6.86. The van der Waals surface area contributed by atoms with Gasteiger partial charge in [-0.2, -0.15) is 0 Å². The van der Waals surface area contributed by atoms with Crippen molar-refractivity contribution in [3.63, 3.8) is 0 Å². The Hall–Kier alpha value is -1.59. The first-order valence-electron chi connectivity index (χ1n) is 7.42. The number of rotatable bonds is 5. The molecule has 116 valence electrons. The lowest BCUT2D eigenvalue weighted by Gasteiger charge is -2.19. The molecule has 0 aromatic heterocycles. The van der Waals surface area contributed by atoms with Crippen LogP contribution in [0.1, 0.15) is 20.8 Å². The second-order valence-electron chi connectivity index (χ2n) is 5.55. The molecule has 0 bridgehead atoms. The number of anilines is 1. The van der Waals surface area contributed by atoms with E-state index in [0.29, 0.717) is 24.6 Å². The molecule has 1 amide bonds. The maximum absolute atomic E-state index is 12.5. The zero-order valence-electron chi connectivity index (χ0n) is 12.8. The normalized spacial score (nSPS) is 28.4. The van der Waals surface area contributed by atoms with Gasteiger partial charge in [-0.25, -0.2) is 0 Å². The van der Waals surface area contributed by atoms with Crippen molar-refractivity contribution >= 4 is 11.6 Å². The highest BCUT2D eigenvalue weighted by Crippen LogP contribution is 2.34. The van der Waals surface area contributed by atoms with Crippen molar-refractivity contribution in [2.75, 3.05) is 18.5 Å². The van der Waals surface area contributed by atoms with Gasteiger partial charge < -0.3 is 20.5 Å². The van der Waals surface area contributed by atoms with E-state index < -0.39 is 0 Å². The fourth-order valence-electron chi connectivity index (χ4n) is 2.80. The topological polar surface area (TPSA) is 73.6 Å². The summed E-state index contributed by atoms with van der Waals surface area (Å²) in [5.41, 5.74) is 6.13. The zero-order valence-corrected chi connectivity index (χ0v) is 12.8. The minimum atomic E-state index is -0.150. The molecule has 4 unspecified atom stereocenters.